The fraction of sp³-hybridized carbons (Fsp3) is 0.571. The van der Waals surface area contributed by atoms with E-state index in [1.165, 1.54) is 19.3 Å². The molecule has 2 N–H and O–H groups in total. The summed E-state index contributed by atoms with van der Waals surface area (Å²) in [6, 6.07) is 6.11. The Kier molecular flexibility index (Phi) is 2.93. The number of nitrogens with one attached hydrogen (secondary N) is 1. The van der Waals surface area contributed by atoms with Crippen LogP contribution >= 0.6 is 0 Å². The van der Waals surface area contributed by atoms with Gasteiger partial charge in [0.15, 0.2) is 0 Å². The second-order valence-electron chi connectivity index (χ2n) is 5.21. The van der Waals surface area contributed by atoms with Crippen LogP contribution in [0.15, 0.2) is 18.2 Å². The molecule has 1 aromatic carbocycles. The predicted molar refractivity (Wildman–Crippen MR) is 66.4 cm³/mol. The molecule has 1 unspecified atom stereocenters. The number of aromatic hydroxyl groups is 1. The number of hydrogen-bond acceptors (Lipinski definition) is 3. The first kappa shape index (κ1) is 10.9. The second-order valence-corrected chi connectivity index (χ2v) is 5.21. The lowest BCUT2D eigenvalue weighted by Gasteiger charge is -2.31. The summed E-state index contributed by atoms with van der Waals surface area (Å²) < 4.78 is 5.72. The lowest BCUT2D eigenvalue weighted by atomic mass is 9.91. The number of phenolic OH excluding ortho intramolecular Hbond substituents is 1. The lowest BCUT2D eigenvalue weighted by molar-refractivity contribution is 0.205. The molecule has 2 aliphatic rings. The van der Waals surface area contributed by atoms with Gasteiger partial charge >= 0.3 is 0 Å². The summed E-state index contributed by atoms with van der Waals surface area (Å²) in [7, 11) is 0. The number of phenols is 1. The van der Waals surface area contributed by atoms with Crippen LogP contribution in [0.5, 0.6) is 11.5 Å². The maximum atomic E-state index is 9.47. The van der Waals surface area contributed by atoms with Gasteiger partial charge in [0.1, 0.15) is 11.5 Å². The van der Waals surface area contributed by atoms with Crippen LogP contribution in [-0.2, 0) is 6.42 Å². The Labute approximate surface area is 102 Å². The molecule has 17 heavy (non-hydrogen) atoms. The first-order chi connectivity index (χ1) is 8.31. The number of ether oxygens (including phenoxy) is 1. The van der Waals surface area contributed by atoms with Crippen molar-refractivity contribution in [1.82, 2.24) is 5.32 Å². The van der Waals surface area contributed by atoms with Crippen molar-refractivity contribution in [2.45, 2.75) is 31.7 Å². The van der Waals surface area contributed by atoms with E-state index in [-0.39, 0.29) is 0 Å². The van der Waals surface area contributed by atoms with Gasteiger partial charge in [0.05, 0.1) is 6.61 Å². The Morgan fingerprint density at radius 3 is 3.00 bits per heavy atom. The first-order valence-electron chi connectivity index (χ1n) is 6.49. The molecular weight excluding hydrogens is 214 g/mol. The van der Waals surface area contributed by atoms with Crippen LogP contribution in [0.2, 0.25) is 0 Å². The molecule has 3 heteroatoms. The molecule has 0 amide bonds. The standard InChI is InChI=1S/C14H19NO2/c16-13-4-5-14-11(7-13)6-10(9-17-14)8-15-12-2-1-3-12/h4-5,7,10,12,15-16H,1-3,6,8-9H2. The molecule has 0 saturated heterocycles. The van der Waals surface area contributed by atoms with Crippen molar-refractivity contribution in [1.29, 1.82) is 0 Å². The Bertz CT molecular complexity index is 401. The minimum atomic E-state index is 0.333. The third kappa shape index (κ3) is 2.39. The van der Waals surface area contributed by atoms with Gasteiger partial charge in [0.2, 0.25) is 0 Å². The summed E-state index contributed by atoms with van der Waals surface area (Å²) in [4.78, 5) is 0. The molecule has 0 spiro atoms. The zero-order valence-electron chi connectivity index (χ0n) is 9.98. The van der Waals surface area contributed by atoms with E-state index in [0.29, 0.717) is 11.7 Å². The van der Waals surface area contributed by atoms with E-state index in [1.807, 2.05) is 12.1 Å². The Hall–Kier alpha value is -1.22. The molecule has 3 rings (SSSR count). The molecule has 0 radical (unpaired) electrons. The lowest BCUT2D eigenvalue weighted by Crippen LogP contribution is -2.40. The molecule has 92 valence electrons. The predicted octanol–water partition coefficient (Wildman–Crippen LogP) is 2.09. The summed E-state index contributed by atoms with van der Waals surface area (Å²) in [5.41, 5.74) is 1.14. The monoisotopic (exact) mass is 233 g/mol. The zero-order valence-corrected chi connectivity index (χ0v) is 9.98. The highest BCUT2D eigenvalue weighted by atomic mass is 16.5. The van der Waals surface area contributed by atoms with E-state index >= 15 is 0 Å². The fourth-order valence-corrected chi connectivity index (χ4v) is 2.52. The van der Waals surface area contributed by atoms with E-state index < -0.39 is 0 Å². The summed E-state index contributed by atoms with van der Waals surface area (Å²) in [6.45, 7) is 1.82. The van der Waals surface area contributed by atoms with E-state index in [2.05, 4.69) is 5.32 Å². The van der Waals surface area contributed by atoms with Gasteiger partial charge in [-0.3, -0.25) is 0 Å². The molecule has 1 atom stereocenters. The van der Waals surface area contributed by atoms with Crippen LogP contribution < -0.4 is 10.1 Å². The van der Waals surface area contributed by atoms with Gasteiger partial charge in [-0.1, -0.05) is 6.42 Å². The molecule has 0 aromatic heterocycles. The molecule has 1 aliphatic heterocycles. The average molecular weight is 233 g/mol. The van der Waals surface area contributed by atoms with Crippen molar-refractivity contribution >= 4 is 0 Å². The molecule has 3 nitrogen and oxygen atoms in total. The molecular formula is C14H19NO2. The minimum absolute atomic E-state index is 0.333. The number of fused-ring (bicyclic) bond motifs is 1. The van der Waals surface area contributed by atoms with Crippen molar-refractivity contribution in [2.75, 3.05) is 13.2 Å². The Morgan fingerprint density at radius 1 is 1.35 bits per heavy atom. The van der Waals surface area contributed by atoms with Crippen LogP contribution in [0, 0.1) is 5.92 Å². The van der Waals surface area contributed by atoms with Crippen molar-refractivity contribution in [3.05, 3.63) is 23.8 Å². The van der Waals surface area contributed by atoms with Crippen molar-refractivity contribution in [2.24, 2.45) is 5.92 Å². The first-order valence-corrected chi connectivity index (χ1v) is 6.49. The van der Waals surface area contributed by atoms with Crippen LogP contribution in [-0.4, -0.2) is 24.3 Å². The molecule has 1 fully saturated rings. The maximum absolute atomic E-state index is 9.47. The summed E-state index contributed by atoms with van der Waals surface area (Å²) >= 11 is 0. The van der Waals surface area contributed by atoms with E-state index in [0.717, 1.165) is 36.9 Å². The van der Waals surface area contributed by atoms with E-state index in [1.54, 1.807) is 6.07 Å². The molecule has 1 aliphatic carbocycles. The highest BCUT2D eigenvalue weighted by Gasteiger charge is 2.23. The molecule has 1 heterocycles. The summed E-state index contributed by atoms with van der Waals surface area (Å²) in [6.07, 6.45) is 5.02. The molecule has 0 bridgehead atoms. The highest BCUT2D eigenvalue weighted by molar-refractivity contribution is 5.41. The van der Waals surface area contributed by atoms with Crippen LogP contribution in [0.4, 0.5) is 0 Å². The van der Waals surface area contributed by atoms with Crippen molar-refractivity contribution < 1.29 is 9.84 Å². The largest absolute Gasteiger partial charge is 0.508 e. The van der Waals surface area contributed by atoms with Crippen molar-refractivity contribution in [3.63, 3.8) is 0 Å². The van der Waals surface area contributed by atoms with Gasteiger partial charge in [0.25, 0.3) is 0 Å². The zero-order chi connectivity index (χ0) is 11.7. The number of hydrogen-bond donors (Lipinski definition) is 2. The maximum Gasteiger partial charge on any atom is 0.122 e. The van der Waals surface area contributed by atoms with E-state index in [4.69, 9.17) is 4.74 Å². The van der Waals surface area contributed by atoms with Gasteiger partial charge in [-0.2, -0.15) is 0 Å². The minimum Gasteiger partial charge on any atom is -0.508 e. The van der Waals surface area contributed by atoms with Gasteiger partial charge in [-0.25, -0.2) is 0 Å². The highest BCUT2D eigenvalue weighted by Crippen LogP contribution is 2.30. The SMILES string of the molecule is Oc1ccc2c(c1)CC(CNC1CCC1)CO2. The van der Waals surface area contributed by atoms with E-state index in [9.17, 15) is 5.11 Å². The Balaban J connectivity index is 1.59. The van der Waals surface area contributed by atoms with Gasteiger partial charge < -0.3 is 15.2 Å². The average Bonchev–Trinajstić information content (AvgIpc) is 2.26. The van der Waals surface area contributed by atoms with Gasteiger partial charge in [-0.15, -0.1) is 0 Å². The third-order valence-corrected chi connectivity index (χ3v) is 3.83. The summed E-state index contributed by atoms with van der Waals surface area (Å²) in [5, 5.41) is 13.1. The van der Waals surface area contributed by atoms with Gasteiger partial charge in [-0.05, 0) is 43.0 Å². The van der Waals surface area contributed by atoms with Crippen LogP contribution in [0.25, 0.3) is 0 Å². The van der Waals surface area contributed by atoms with Crippen LogP contribution in [0.1, 0.15) is 24.8 Å². The third-order valence-electron chi connectivity index (χ3n) is 3.83. The number of rotatable bonds is 3. The molecule has 1 saturated carbocycles. The smallest absolute Gasteiger partial charge is 0.122 e. The number of benzene rings is 1. The van der Waals surface area contributed by atoms with Crippen LogP contribution in [0.3, 0.4) is 0 Å². The second kappa shape index (κ2) is 4.57. The van der Waals surface area contributed by atoms with Gasteiger partial charge in [0, 0.05) is 18.5 Å². The van der Waals surface area contributed by atoms with Crippen molar-refractivity contribution in [3.8, 4) is 11.5 Å². The fourth-order valence-electron chi connectivity index (χ4n) is 2.52. The normalized spacial score (nSPS) is 23.6. The topological polar surface area (TPSA) is 41.5 Å². The summed E-state index contributed by atoms with van der Waals surface area (Å²) in [5.74, 6) is 1.80. The quantitative estimate of drug-likeness (QED) is 0.840. The molecule has 1 aromatic rings. The Morgan fingerprint density at radius 2 is 2.24 bits per heavy atom.